The maximum absolute atomic E-state index is 11.4. The van der Waals surface area contributed by atoms with Crippen molar-refractivity contribution in [2.75, 3.05) is 0 Å². The highest BCUT2D eigenvalue weighted by molar-refractivity contribution is 6.48. The van der Waals surface area contributed by atoms with E-state index in [2.05, 4.69) is 39.2 Å². The number of amides is 1. The third kappa shape index (κ3) is 3.90. The molecule has 93 valence electrons. The summed E-state index contributed by atoms with van der Waals surface area (Å²) in [6.45, 7) is 10.8. The van der Waals surface area contributed by atoms with Crippen LogP contribution >= 0.6 is 0 Å². The van der Waals surface area contributed by atoms with Crippen LogP contribution in [-0.4, -0.2) is 27.1 Å². The molecule has 1 saturated heterocycles. The summed E-state index contributed by atoms with van der Waals surface area (Å²) in [6, 6.07) is 0.196. The largest absolute Gasteiger partial charge is 0.412 e. The number of hydrogen-bond donors (Lipinski definition) is 1. The van der Waals surface area contributed by atoms with Crippen molar-refractivity contribution in [3.05, 3.63) is 0 Å². The van der Waals surface area contributed by atoms with Gasteiger partial charge in [-0.15, -0.1) is 0 Å². The van der Waals surface area contributed by atoms with E-state index in [4.69, 9.17) is 4.43 Å². The first-order chi connectivity index (χ1) is 7.30. The quantitative estimate of drug-likeness (QED) is 0.771. The number of carbonyl (C=O) groups excluding carboxylic acids is 1. The molecule has 1 amide bonds. The fraction of sp³-hybridized carbons (Fsp3) is 0.917. The first kappa shape index (κ1) is 13.7. The fourth-order valence-corrected chi connectivity index (χ4v) is 3.20. The molecule has 0 bridgehead atoms. The molecule has 1 rings (SSSR count). The Hall–Kier alpha value is -0.353. The van der Waals surface area contributed by atoms with Crippen molar-refractivity contribution >= 4 is 14.9 Å². The van der Waals surface area contributed by atoms with Gasteiger partial charge >= 0.3 is 0 Å². The summed E-state index contributed by atoms with van der Waals surface area (Å²) in [5, 5.41) is 3.08. The van der Waals surface area contributed by atoms with E-state index in [9.17, 15) is 4.79 Å². The predicted molar refractivity (Wildman–Crippen MR) is 67.6 cm³/mol. The third-order valence-corrected chi connectivity index (χ3v) is 3.57. The van der Waals surface area contributed by atoms with Gasteiger partial charge in [0.1, 0.15) is 0 Å². The lowest BCUT2D eigenvalue weighted by Crippen LogP contribution is -2.53. The number of carbonyl (C=O) groups is 1. The topological polar surface area (TPSA) is 38.3 Å². The molecule has 0 aromatic rings. The lowest BCUT2D eigenvalue weighted by molar-refractivity contribution is -0.125. The van der Waals surface area contributed by atoms with Crippen LogP contribution in [0.25, 0.3) is 0 Å². The normalized spacial score (nSPS) is 24.4. The average Bonchev–Trinajstić information content (AvgIpc) is 2.12. The first-order valence-electron chi connectivity index (χ1n) is 6.07. The van der Waals surface area contributed by atoms with Crippen molar-refractivity contribution < 1.29 is 9.22 Å². The summed E-state index contributed by atoms with van der Waals surface area (Å²) in [7, 11) is -0.733. The summed E-state index contributed by atoms with van der Waals surface area (Å²) in [5.41, 5.74) is 0.0806. The van der Waals surface area contributed by atoms with Crippen molar-refractivity contribution in [1.82, 2.24) is 5.32 Å². The molecule has 1 aliphatic rings. The molecule has 1 aliphatic heterocycles. The van der Waals surface area contributed by atoms with Gasteiger partial charge in [-0.25, -0.2) is 0 Å². The van der Waals surface area contributed by atoms with Crippen LogP contribution in [0.3, 0.4) is 0 Å². The van der Waals surface area contributed by atoms with Crippen molar-refractivity contribution in [1.29, 1.82) is 0 Å². The summed E-state index contributed by atoms with van der Waals surface area (Å²) < 4.78 is 6.09. The van der Waals surface area contributed by atoms with Crippen molar-refractivity contribution in [2.45, 2.75) is 65.3 Å². The van der Waals surface area contributed by atoms with Crippen LogP contribution in [0.4, 0.5) is 0 Å². The van der Waals surface area contributed by atoms with Gasteiger partial charge in [-0.05, 0) is 31.4 Å². The molecule has 1 heterocycles. The minimum atomic E-state index is -0.733. The van der Waals surface area contributed by atoms with Crippen LogP contribution in [0.5, 0.6) is 0 Å². The highest BCUT2D eigenvalue weighted by Gasteiger charge is 2.35. The van der Waals surface area contributed by atoms with Gasteiger partial charge < -0.3 is 9.74 Å². The lowest BCUT2D eigenvalue weighted by atomic mass is 9.82. The Labute approximate surface area is 101 Å². The van der Waals surface area contributed by atoms with Gasteiger partial charge in [0, 0.05) is 6.42 Å². The molecule has 2 atom stereocenters. The zero-order valence-electron chi connectivity index (χ0n) is 11.1. The smallest absolute Gasteiger partial charge is 0.220 e. The van der Waals surface area contributed by atoms with Crippen LogP contribution in [0, 0.1) is 5.41 Å². The van der Waals surface area contributed by atoms with Gasteiger partial charge in [-0.2, -0.15) is 0 Å². The molecule has 2 unspecified atom stereocenters. The molecule has 3 nitrogen and oxygen atoms in total. The Morgan fingerprint density at radius 1 is 1.44 bits per heavy atom. The monoisotopic (exact) mass is 242 g/mol. The third-order valence-electron chi connectivity index (χ3n) is 2.85. The van der Waals surface area contributed by atoms with Gasteiger partial charge in [-0.1, -0.05) is 20.8 Å². The Balaban J connectivity index is 2.71. The van der Waals surface area contributed by atoms with Gasteiger partial charge in [0.15, 0.2) is 0 Å². The molecule has 0 aromatic carbocycles. The van der Waals surface area contributed by atoms with E-state index in [1.165, 1.54) is 0 Å². The van der Waals surface area contributed by atoms with Crippen LogP contribution in [0.15, 0.2) is 0 Å². The Morgan fingerprint density at radius 2 is 2.06 bits per heavy atom. The highest BCUT2D eigenvalue weighted by atomic mass is 28.3. The second-order valence-electron chi connectivity index (χ2n) is 5.88. The second kappa shape index (κ2) is 5.32. The van der Waals surface area contributed by atoms with Gasteiger partial charge in [0.05, 0.1) is 12.1 Å². The maximum atomic E-state index is 11.4. The molecule has 0 spiro atoms. The first-order valence-corrected chi connectivity index (χ1v) is 8.47. The number of nitrogens with one attached hydrogen (secondary N) is 1. The number of rotatable bonds is 3. The van der Waals surface area contributed by atoms with E-state index in [0.29, 0.717) is 6.42 Å². The van der Waals surface area contributed by atoms with Gasteiger partial charge in [0.25, 0.3) is 0 Å². The summed E-state index contributed by atoms with van der Waals surface area (Å²) >= 11 is 0. The van der Waals surface area contributed by atoms with E-state index in [1.54, 1.807) is 0 Å². The second-order valence-corrected chi connectivity index (χ2v) is 7.93. The van der Waals surface area contributed by atoms with Crippen LogP contribution in [0.1, 0.15) is 40.0 Å². The molecule has 16 heavy (non-hydrogen) atoms. The molecule has 0 saturated carbocycles. The molecule has 1 fully saturated rings. The van der Waals surface area contributed by atoms with Crippen LogP contribution < -0.4 is 5.32 Å². The minimum Gasteiger partial charge on any atom is -0.412 e. The Kier molecular flexibility index (Phi) is 4.56. The molecule has 0 aromatic heterocycles. The fourth-order valence-electron chi connectivity index (χ4n) is 2.18. The number of hydrogen-bond acceptors (Lipinski definition) is 2. The zero-order valence-corrected chi connectivity index (χ0v) is 12.1. The predicted octanol–water partition coefficient (Wildman–Crippen LogP) is 2.34. The molecule has 1 radical (unpaired) electrons. The molecular weight excluding hydrogens is 218 g/mol. The van der Waals surface area contributed by atoms with E-state index in [1.807, 2.05) is 0 Å². The SMILES string of the molecule is C[Si](C)OC(C1CCCC(=O)N1)C(C)(C)C. The van der Waals surface area contributed by atoms with E-state index in [0.717, 1.165) is 12.8 Å². The van der Waals surface area contributed by atoms with Gasteiger partial charge in [0.2, 0.25) is 14.9 Å². The Morgan fingerprint density at radius 3 is 2.50 bits per heavy atom. The van der Waals surface area contributed by atoms with Crippen molar-refractivity contribution in [3.8, 4) is 0 Å². The summed E-state index contributed by atoms with van der Waals surface area (Å²) in [6.07, 6.45) is 2.84. The van der Waals surface area contributed by atoms with E-state index < -0.39 is 9.04 Å². The molecule has 4 heteroatoms. The van der Waals surface area contributed by atoms with E-state index in [-0.39, 0.29) is 23.5 Å². The molecule has 1 N–H and O–H groups in total. The average molecular weight is 242 g/mol. The summed E-state index contributed by atoms with van der Waals surface area (Å²) in [4.78, 5) is 11.4. The molecular formula is C12H24NO2Si. The number of piperidine rings is 1. The van der Waals surface area contributed by atoms with Crippen molar-refractivity contribution in [2.24, 2.45) is 5.41 Å². The van der Waals surface area contributed by atoms with Gasteiger partial charge in [-0.3, -0.25) is 4.79 Å². The standard InChI is InChI=1S/C12H24NO2Si/c1-12(2,3)11(15-16(4)5)9-7-6-8-10(14)13-9/h9,11H,6-8H2,1-5H3,(H,13,14). The highest BCUT2D eigenvalue weighted by Crippen LogP contribution is 2.29. The van der Waals surface area contributed by atoms with E-state index >= 15 is 0 Å². The van der Waals surface area contributed by atoms with Crippen molar-refractivity contribution in [3.63, 3.8) is 0 Å². The zero-order chi connectivity index (χ0) is 12.3. The maximum Gasteiger partial charge on any atom is 0.220 e. The van der Waals surface area contributed by atoms with Crippen LogP contribution in [0.2, 0.25) is 13.1 Å². The Bertz CT molecular complexity index is 248. The minimum absolute atomic E-state index is 0.0806. The lowest BCUT2D eigenvalue weighted by Gasteiger charge is -2.40. The summed E-state index contributed by atoms with van der Waals surface area (Å²) in [5.74, 6) is 0.176. The van der Waals surface area contributed by atoms with Crippen LogP contribution in [-0.2, 0) is 9.22 Å². The molecule has 0 aliphatic carbocycles.